The highest BCUT2D eigenvalue weighted by Crippen LogP contribution is 2.16. The maximum absolute atomic E-state index is 11.8. The number of carbonyl (C=O) groups excluding carboxylic acids is 2. The fraction of sp³-hybridized carbons (Fsp3) is 0.176. The minimum Gasteiger partial charge on any atom is -0.492 e. The van der Waals surface area contributed by atoms with Crippen molar-refractivity contribution in [2.75, 3.05) is 25.6 Å². The molecule has 6 nitrogen and oxygen atoms in total. The second-order valence-corrected chi connectivity index (χ2v) is 5.20. The number of halogens is 1. The predicted molar refractivity (Wildman–Crippen MR) is 91.7 cm³/mol. The molecule has 2 rings (SSSR count). The zero-order chi connectivity index (χ0) is 17.4. The van der Waals surface area contributed by atoms with Crippen molar-refractivity contribution in [3.63, 3.8) is 0 Å². The number of methoxy groups -OCH3 is 1. The summed E-state index contributed by atoms with van der Waals surface area (Å²) >= 11 is 5.85. The van der Waals surface area contributed by atoms with Crippen molar-refractivity contribution in [3.05, 3.63) is 59.1 Å². The zero-order valence-corrected chi connectivity index (χ0v) is 13.8. The molecule has 2 aromatic carbocycles. The van der Waals surface area contributed by atoms with Gasteiger partial charge in [-0.05, 0) is 36.4 Å². The van der Waals surface area contributed by atoms with Gasteiger partial charge in [0.2, 0.25) is 0 Å². The van der Waals surface area contributed by atoms with Crippen LogP contribution >= 0.6 is 11.6 Å². The van der Waals surface area contributed by atoms with Gasteiger partial charge in [-0.15, -0.1) is 0 Å². The predicted octanol–water partition coefficient (Wildman–Crippen LogP) is 3.33. The van der Waals surface area contributed by atoms with E-state index < -0.39 is 12.0 Å². The SMILES string of the molecule is COC(=O)c1cccc(NC(=O)NCCOc2cccc(Cl)c2)c1. The lowest BCUT2D eigenvalue weighted by Crippen LogP contribution is -2.32. The van der Waals surface area contributed by atoms with Gasteiger partial charge in [-0.25, -0.2) is 9.59 Å². The molecule has 126 valence electrons. The molecule has 0 unspecified atom stereocenters. The molecule has 0 bridgehead atoms. The van der Waals surface area contributed by atoms with Crippen molar-refractivity contribution < 1.29 is 19.1 Å². The molecule has 0 saturated carbocycles. The minimum atomic E-state index is -0.464. The molecule has 0 heterocycles. The summed E-state index contributed by atoms with van der Waals surface area (Å²) in [4.78, 5) is 23.3. The number of esters is 1. The molecular weight excluding hydrogens is 332 g/mol. The van der Waals surface area contributed by atoms with Crippen LogP contribution in [0.4, 0.5) is 10.5 Å². The topological polar surface area (TPSA) is 76.7 Å². The number of ether oxygens (including phenoxy) is 2. The Labute approximate surface area is 144 Å². The Morgan fingerprint density at radius 3 is 2.67 bits per heavy atom. The summed E-state index contributed by atoms with van der Waals surface area (Å²) in [5.41, 5.74) is 0.853. The van der Waals surface area contributed by atoms with E-state index in [1.54, 1.807) is 42.5 Å². The van der Waals surface area contributed by atoms with Crippen molar-refractivity contribution in [2.45, 2.75) is 0 Å². The largest absolute Gasteiger partial charge is 0.492 e. The van der Waals surface area contributed by atoms with Gasteiger partial charge in [0.25, 0.3) is 0 Å². The number of amides is 2. The van der Waals surface area contributed by atoms with Crippen molar-refractivity contribution in [1.82, 2.24) is 5.32 Å². The maximum Gasteiger partial charge on any atom is 0.337 e. The lowest BCUT2D eigenvalue weighted by molar-refractivity contribution is 0.0600. The number of carbonyl (C=O) groups is 2. The minimum absolute atomic E-state index is 0.302. The molecule has 0 aromatic heterocycles. The number of hydrogen-bond acceptors (Lipinski definition) is 4. The molecule has 2 aromatic rings. The van der Waals surface area contributed by atoms with Gasteiger partial charge >= 0.3 is 12.0 Å². The van der Waals surface area contributed by atoms with E-state index in [0.717, 1.165) is 0 Å². The van der Waals surface area contributed by atoms with E-state index in [1.165, 1.54) is 13.2 Å². The maximum atomic E-state index is 11.8. The summed E-state index contributed by atoms with van der Waals surface area (Å²) in [7, 11) is 1.30. The van der Waals surface area contributed by atoms with E-state index in [0.29, 0.717) is 35.2 Å². The van der Waals surface area contributed by atoms with E-state index in [9.17, 15) is 9.59 Å². The first kappa shape index (κ1) is 17.6. The van der Waals surface area contributed by atoms with Gasteiger partial charge in [-0.2, -0.15) is 0 Å². The number of benzene rings is 2. The van der Waals surface area contributed by atoms with E-state index in [4.69, 9.17) is 16.3 Å². The first-order valence-electron chi connectivity index (χ1n) is 7.20. The molecule has 0 aliphatic heterocycles. The summed E-state index contributed by atoms with van der Waals surface area (Å²) in [6, 6.07) is 13.1. The average molecular weight is 349 g/mol. The standard InChI is InChI=1S/C17H17ClN2O4/c1-23-16(21)12-4-2-6-14(10-12)20-17(22)19-8-9-24-15-7-3-5-13(18)11-15/h2-7,10-11H,8-9H2,1H3,(H2,19,20,22). The Balaban J connectivity index is 1.76. The summed E-state index contributed by atoms with van der Waals surface area (Å²) in [5, 5.41) is 5.88. The average Bonchev–Trinajstić information content (AvgIpc) is 2.58. The normalized spacial score (nSPS) is 9.92. The highest BCUT2D eigenvalue weighted by atomic mass is 35.5. The van der Waals surface area contributed by atoms with Gasteiger partial charge in [-0.3, -0.25) is 0 Å². The Hall–Kier alpha value is -2.73. The van der Waals surface area contributed by atoms with Crippen LogP contribution in [0.25, 0.3) is 0 Å². The molecule has 2 N–H and O–H groups in total. The molecule has 7 heteroatoms. The van der Waals surface area contributed by atoms with Gasteiger partial charge in [-0.1, -0.05) is 23.7 Å². The Morgan fingerprint density at radius 1 is 1.12 bits per heavy atom. The second kappa shape index (κ2) is 8.79. The van der Waals surface area contributed by atoms with Gasteiger partial charge in [0.15, 0.2) is 0 Å². The van der Waals surface area contributed by atoms with E-state index in [1.807, 2.05) is 0 Å². The first-order valence-corrected chi connectivity index (χ1v) is 7.58. The van der Waals surface area contributed by atoms with Crippen molar-refractivity contribution in [3.8, 4) is 5.75 Å². The molecule has 0 saturated heterocycles. The molecule has 0 atom stereocenters. The number of anilines is 1. The Kier molecular flexibility index (Phi) is 6.45. The van der Waals surface area contributed by atoms with Crippen LogP contribution in [0.5, 0.6) is 5.75 Å². The summed E-state index contributed by atoms with van der Waals surface area (Å²) in [6.45, 7) is 0.616. The van der Waals surface area contributed by atoms with Crippen LogP contribution in [0, 0.1) is 0 Å². The zero-order valence-electron chi connectivity index (χ0n) is 13.0. The number of rotatable bonds is 6. The number of nitrogens with one attached hydrogen (secondary N) is 2. The van der Waals surface area contributed by atoms with Gasteiger partial charge in [0.05, 0.1) is 19.2 Å². The fourth-order valence-electron chi connectivity index (χ4n) is 1.91. The third-order valence-corrected chi connectivity index (χ3v) is 3.23. The number of urea groups is 1. The summed E-state index contributed by atoms with van der Waals surface area (Å²) < 4.78 is 10.1. The van der Waals surface area contributed by atoms with Crippen LogP contribution in [-0.2, 0) is 4.74 Å². The van der Waals surface area contributed by atoms with Crippen LogP contribution in [0.15, 0.2) is 48.5 Å². The third kappa shape index (κ3) is 5.48. The Morgan fingerprint density at radius 2 is 1.92 bits per heavy atom. The summed E-state index contributed by atoms with van der Waals surface area (Å²) in [5.74, 6) is 0.171. The molecule has 24 heavy (non-hydrogen) atoms. The van der Waals surface area contributed by atoms with E-state index >= 15 is 0 Å². The van der Waals surface area contributed by atoms with Gasteiger partial charge < -0.3 is 20.1 Å². The Bertz CT molecular complexity index is 721. The first-order chi connectivity index (χ1) is 11.6. The summed E-state index contributed by atoms with van der Waals surface area (Å²) in [6.07, 6.45) is 0. The quantitative estimate of drug-likeness (QED) is 0.620. The van der Waals surface area contributed by atoms with E-state index in [-0.39, 0.29) is 0 Å². The van der Waals surface area contributed by atoms with Gasteiger partial charge in [0, 0.05) is 10.7 Å². The second-order valence-electron chi connectivity index (χ2n) is 4.76. The fourth-order valence-corrected chi connectivity index (χ4v) is 2.09. The molecule has 0 aliphatic carbocycles. The smallest absolute Gasteiger partial charge is 0.337 e. The molecule has 0 spiro atoms. The third-order valence-electron chi connectivity index (χ3n) is 2.99. The monoisotopic (exact) mass is 348 g/mol. The molecule has 0 radical (unpaired) electrons. The molecular formula is C17H17ClN2O4. The van der Waals surface area contributed by atoms with Crippen LogP contribution in [0.3, 0.4) is 0 Å². The highest BCUT2D eigenvalue weighted by Gasteiger charge is 2.07. The van der Waals surface area contributed by atoms with E-state index in [2.05, 4.69) is 15.4 Å². The van der Waals surface area contributed by atoms with Crippen LogP contribution in [-0.4, -0.2) is 32.3 Å². The van der Waals surface area contributed by atoms with Crippen LogP contribution in [0.2, 0.25) is 5.02 Å². The number of hydrogen-bond donors (Lipinski definition) is 2. The highest BCUT2D eigenvalue weighted by molar-refractivity contribution is 6.30. The van der Waals surface area contributed by atoms with Gasteiger partial charge in [0.1, 0.15) is 12.4 Å². The molecule has 2 amide bonds. The lowest BCUT2D eigenvalue weighted by Gasteiger charge is -2.10. The van der Waals surface area contributed by atoms with Crippen molar-refractivity contribution >= 4 is 29.3 Å². The lowest BCUT2D eigenvalue weighted by atomic mass is 10.2. The molecule has 0 fully saturated rings. The van der Waals surface area contributed by atoms with Crippen molar-refractivity contribution in [1.29, 1.82) is 0 Å². The van der Waals surface area contributed by atoms with Crippen LogP contribution in [0.1, 0.15) is 10.4 Å². The molecule has 0 aliphatic rings. The van der Waals surface area contributed by atoms with Crippen molar-refractivity contribution in [2.24, 2.45) is 0 Å². The van der Waals surface area contributed by atoms with Crippen LogP contribution < -0.4 is 15.4 Å².